The monoisotopic (exact) mass is 384 g/mol. The molecule has 1 aliphatic heterocycles. The SMILES string of the molecule is COc1ccccc1C1CCN(S(=O)(=O)CC(C(=O)NO)C(C)C)CC1. The maximum atomic E-state index is 12.7. The van der Waals surface area contributed by atoms with Gasteiger partial charge in [0.1, 0.15) is 5.75 Å². The summed E-state index contributed by atoms with van der Waals surface area (Å²) in [4.78, 5) is 11.8. The van der Waals surface area contributed by atoms with Gasteiger partial charge in [0.15, 0.2) is 0 Å². The Morgan fingerprint density at radius 1 is 1.31 bits per heavy atom. The average molecular weight is 384 g/mol. The van der Waals surface area contributed by atoms with E-state index in [9.17, 15) is 13.2 Å². The third kappa shape index (κ3) is 4.75. The average Bonchev–Trinajstić information content (AvgIpc) is 2.65. The van der Waals surface area contributed by atoms with E-state index in [-0.39, 0.29) is 17.6 Å². The van der Waals surface area contributed by atoms with E-state index in [4.69, 9.17) is 9.94 Å². The minimum atomic E-state index is -3.57. The Morgan fingerprint density at radius 3 is 2.46 bits per heavy atom. The number of hydrogen-bond acceptors (Lipinski definition) is 5. The van der Waals surface area contributed by atoms with Gasteiger partial charge in [-0.2, -0.15) is 0 Å². The third-order valence-electron chi connectivity index (χ3n) is 5.07. The summed E-state index contributed by atoms with van der Waals surface area (Å²) in [6, 6.07) is 7.81. The molecule has 1 aromatic rings. The number of methoxy groups -OCH3 is 1. The highest BCUT2D eigenvalue weighted by atomic mass is 32.2. The number of piperidine rings is 1. The minimum absolute atomic E-state index is 0.192. The van der Waals surface area contributed by atoms with Gasteiger partial charge in [-0.05, 0) is 36.3 Å². The Bertz CT molecular complexity index is 712. The number of rotatable bonds is 7. The number of carbonyl (C=O) groups excluding carboxylic acids is 1. The largest absolute Gasteiger partial charge is 0.496 e. The summed E-state index contributed by atoms with van der Waals surface area (Å²) in [5.74, 6) is -0.851. The molecule has 1 amide bonds. The molecule has 146 valence electrons. The molecule has 0 spiro atoms. The number of nitrogens with one attached hydrogen (secondary N) is 1. The summed E-state index contributed by atoms with van der Waals surface area (Å²) in [6.45, 7) is 4.36. The zero-order valence-corrected chi connectivity index (χ0v) is 16.3. The fourth-order valence-electron chi connectivity index (χ4n) is 3.43. The molecule has 0 saturated carbocycles. The van der Waals surface area contributed by atoms with Crippen LogP contribution in [-0.4, -0.2) is 49.8 Å². The molecule has 26 heavy (non-hydrogen) atoms. The van der Waals surface area contributed by atoms with Gasteiger partial charge in [-0.3, -0.25) is 10.0 Å². The van der Waals surface area contributed by atoms with Crippen LogP contribution in [-0.2, 0) is 14.8 Å². The third-order valence-corrected chi connectivity index (χ3v) is 7.00. The van der Waals surface area contributed by atoms with Crippen LogP contribution in [0.15, 0.2) is 24.3 Å². The molecule has 0 aromatic heterocycles. The first-order chi connectivity index (χ1) is 12.3. The number of amides is 1. The molecule has 0 radical (unpaired) electrons. The Labute approximate surface area is 155 Å². The molecule has 0 aliphatic carbocycles. The first kappa shape index (κ1) is 20.7. The van der Waals surface area contributed by atoms with Gasteiger partial charge in [0, 0.05) is 13.1 Å². The van der Waals surface area contributed by atoms with E-state index in [0.29, 0.717) is 25.9 Å². The summed E-state index contributed by atoms with van der Waals surface area (Å²) < 4.78 is 32.3. The number of nitrogens with zero attached hydrogens (tertiary/aromatic N) is 1. The topological polar surface area (TPSA) is 95.9 Å². The lowest BCUT2D eigenvalue weighted by Crippen LogP contribution is -2.44. The van der Waals surface area contributed by atoms with Crippen molar-refractivity contribution in [3.8, 4) is 5.75 Å². The molecule has 1 aromatic carbocycles. The van der Waals surface area contributed by atoms with Crippen LogP contribution in [0.25, 0.3) is 0 Å². The Morgan fingerprint density at radius 2 is 1.92 bits per heavy atom. The van der Waals surface area contributed by atoms with Crippen molar-refractivity contribution in [1.29, 1.82) is 0 Å². The quantitative estimate of drug-likeness (QED) is 0.554. The molecule has 1 atom stereocenters. The molecule has 1 aliphatic rings. The highest BCUT2D eigenvalue weighted by Gasteiger charge is 2.34. The Kier molecular flexibility index (Phi) is 7.02. The van der Waals surface area contributed by atoms with Gasteiger partial charge in [0.05, 0.1) is 18.8 Å². The van der Waals surface area contributed by atoms with Gasteiger partial charge < -0.3 is 4.74 Å². The van der Waals surface area contributed by atoms with Crippen molar-refractivity contribution in [2.45, 2.75) is 32.6 Å². The second-order valence-corrected chi connectivity index (χ2v) is 9.03. The molecule has 1 heterocycles. The van der Waals surface area contributed by atoms with Gasteiger partial charge >= 0.3 is 0 Å². The van der Waals surface area contributed by atoms with Crippen LogP contribution in [0.2, 0.25) is 0 Å². The molecule has 7 nitrogen and oxygen atoms in total. The van der Waals surface area contributed by atoms with Crippen LogP contribution in [0.5, 0.6) is 5.75 Å². The van der Waals surface area contributed by atoms with Gasteiger partial charge in [0.25, 0.3) is 0 Å². The first-order valence-electron chi connectivity index (χ1n) is 8.84. The number of sulfonamides is 1. The number of hydrogen-bond donors (Lipinski definition) is 2. The summed E-state index contributed by atoms with van der Waals surface area (Å²) in [5.41, 5.74) is 2.68. The smallest absolute Gasteiger partial charge is 0.247 e. The maximum absolute atomic E-state index is 12.7. The molecule has 2 N–H and O–H groups in total. The molecule has 1 unspecified atom stereocenters. The second kappa shape index (κ2) is 8.83. The standard InChI is InChI=1S/C18H28N2O5S/c1-13(2)16(18(21)19-22)12-26(23,24)20-10-8-14(9-11-20)15-6-4-5-7-17(15)25-3/h4-7,13-14,16,22H,8-12H2,1-3H3,(H,19,21). The van der Waals surface area contributed by atoms with Crippen LogP contribution < -0.4 is 10.2 Å². The van der Waals surface area contributed by atoms with E-state index in [0.717, 1.165) is 11.3 Å². The fraction of sp³-hybridized carbons (Fsp3) is 0.611. The molecule has 1 fully saturated rings. The van der Waals surface area contributed by atoms with Crippen LogP contribution in [0, 0.1) is 11.8 Å². The fourth-order valence-corrected chi connectivity index (χ4v) is 5.40. The summed E-state index contributed by atoms with van der Waals surface area (Å²) in [5, 5.41) is 8.85. The maximum Gasteiger partial charge on any atom is 0.247 e. The first-order valence-corrected chi connectivity index (χ1v) is 10.5. The molecule has 8 heteroatoms. The van der Waals surface area contributed by atoms with E-state index >= 15 is 0 Å². The lowest BCUT2D eigenvalue weighted by molar-refractivity contribution is -0.134. The predicted octanol–water partition coefficient (Wildman–Crippen LogP) is 1.98. The zero-order chi connectivity index (χ0) is 19.3. The van der Waals surface area contributed by atoms with Gasteiger partial charge in [-0.15, -0.1) is 0 Å². The highest BCUT2D eigenvalue weighted by molar-refractivity contribution is 7.89. The number of para-hydroxylation sites is 1. The van der Waals surface area contributed by atoms with Gasteiger partial charge in [-0.25, -0.2) is 18.2 Å². The zero-order valence-electron chi connectivity index (χ0n) is 15.5. The van der Waals surface area contributed by atoms with E-state index in [1.807, 2.05) is 24.3 Å². The number of hydroxylamine groups is 1. The van der Waals surface area contributed by atoms with Crippen molar-refractivity contribution in [3.63, 3.8) is 0 Å². The predicted molar refractivity (Wildman–Crippen MR) is 98.6 cm³/mol. The summed E-state index contributed by atoms with van der Waals surface area (Å²) >= 11 is 0. The van der Waals surface area contributed by atoms with E-state index < -0.39 is 21.8 Å². The minimum Gasteiger partial charge on any atom is -0.496 e. The lowest BCUT2D eigenvalue weighted by atomic mass is 9.89. The van der Waals surface area contributed by atoms with Crippen molar-refractivity contribution in [3.05, 3.63) is 29.8 Å². The van der Waals surface area contributed by atoms with E-state index in [1.54, 1.807) is 26.4 Å². The second-order valence-electron chi connectivity index (χ2n) is 7.02. The van der Waals surface area contributed by atoms with Crippen LogP contribution >= 0.6 is 0 Å². The van der Waals surface area contributed by atoms with Gasteiger partial charge in [0.2, 0.25) is 15.9 Å². The van der Waals surface area contributed by atoms with Crippen molar-refractivity contribution in [2.24, 2.45) is 11.8 Å². The van der Waals surface area contributed by atoms with Crippen molar-refractivity contribution in [2.75, 3.05) is 26.0 Å². The summed E-state index contributed by atoms with van der Waals surface area (Å²) in [6.07, 6.45) is 1.41. The van der Waals surface area contributed by atoms with Gasteiger partial charge in [-0.1, -0.05) is 32.0 Å². The normalized spacial score (nSPS) is 17.9. The highest BCUT2D eigenvalue weighted by Crippen LogP contribution is 2.35. The molecular weight excluding hydrogens is 356 g/mol. The number of carbonyl (C=O) groups is 1. The van der Waals surface area contributed by atoms with E-state index in [2.05, 4.69) is 0 Å². The van der Waals surface area contributed by atoms with Crippen LogP contribution in [0.4, 0.5) is 0 Å². The number of ether oxygens (including phenoxy) is 1. The van der Waals surface area contributed by atoms with Crippen molar-refractivity contribution in [1.82, 2.24) is 9.79 Å². The molecule has 2 rings (SSSR count). The Balaban J connectivity index is 2.05. The molecular formula is C18H28N2O5S. The number of benzene rings is 1. The molecule has 0 bridgehead atoms. The lowest BCUT2D eigenvalue weighted by Gasteiger charge is -2.33. The molecule has 1 saturated heterocycles. The van der Waals surface area contributed by atoms with E-state index in [1.165, 1.54) is 4.31 Å². The summed E-state index contributed by atoms with van der Waals surface area (Å²) in [7, 11) is -1.94. The Hall–Kier alpha value is -1.64. The van der Waals surface area contributed by atoms with Crippen molar-refractivity contribution >= 4 is 15.9 Å². The van der Waals surface area contributed by atoms with Crippen molar-refractivity contribution < 1.29 is 23.2 Å². The van der Waals surface area contributed by atoms with Crippen LogP contribution in [0.1, 0.15) is 38.2 Å². The van der Waals surface area contributed by atoms with Crippen LogP contribution in [0.3, 0.4) is 0 Å².